The summed E-state index contributed by atoms with van der Waals surface area (Å²) in [5.41, 5.74) is 5.88. The van der Waals surface area contributed by atoms with E-state index in [0.29, 0.717) is 0 Å². The number of hydrogen-bond donors (Lipinski definition) is 1. The molecule has 2 aromatic heterocycles. The molecule has 0 radical (unpaired) electrons. The second-order valence-corrected chi connectivity index (χ2v) is 7.89. The Morgan fingerprint density at radius 2 is 1.69 bits per heavy atom. The Labute approximate surface area is 161 Å². The summed E-state index contributed by atoms with van der Waals surface area (Å²) < 4.78 is 0. The fraction of sp³-hybridized carbons (Fsp3) is 0.143. The summed E-state index contributed by atoms with van der Waals surface area (Å²) in [5.74, 6) is 0.740. The molecule has 0 aliphatic carbocycles. The summed E-state index contributed by atoms with van der Waals surface area (Å²) in [6.07, 6.45) is 0. The summed E-state index contributed by atoms with van der Waals surface area (Å²) in [7, 11) is 0. The highest BCUT2D eigenvalue weighted by Crippen LogP contribution is 2.42. The van der Waals surface area contributed by atoms with Gasteiger partial charge in [0.25, 0.3) is 0 Å². The van der Waals surface area contributed by atoms with Crippen LogP contribution in [0.1, 0.15) is 16.0 Å². The van der Waals surface area contributed by atoms with Gasteiger partial charge < -0.3 is 5.32 Å². The van der Waals surface area contributed by atoms with Crippen molar-refractivity contribution in [2.24, 2.45) is 0 Å². The number of thiophene rings is 1. The molecule has 0 saturated carbocycles. The molecule has 0 unspecified atom stereocenters. The van der Waals surface area contributed by atoms with Gasteiger partial charge in [0.1, 0.15) is 10.6 Å². The second kappa shape index (κ2) is 6.71. The van der Waals surface area contributed by atoms with E-state index in [0.717, 1.165) is 21.7 Å². The standard InChI is InChI=1S/C21H18ClN3S/c1-12-9-10-15(11-13(12)2)17-14(3)26-20-18(17)19(24-21(22)25-20)23-16-7-5-4-6-8-16/h4-11H,1-3H3,(H,23,24,25). The molecule has 0 spiro atoms. The van der Waals surface area contributed by atoms with Crippen molar-refractivity contribution < 1.29 is 0 Å². The molecule has 0 fully saturated rings. The minimum absolute atomic E-state index is 0.254. The van der Waals surface area contributed by atoms with Crippen molar-refractivity contribution in [1.29, 1.82) is 0 Å². The molecule has 0 saturated heterocycles. The number of nitrogens with one attached hydrogen (secondary N) is 1. The van der Waals surface area contributed by atoms with Crippen molar-refractivity contribution in [3.63, 3.8) is 0 Å². The number of anilines is 2. The molecular formula is C21H18ClN3S. The lowest BCUT2D eigenvalue weighted by Gasteiger charge is -2.10. The van der Waals surface area contributed by atoms with Gasteiger partial charge in [0.2, 0.25) is 5.28 Å². The molecule has 130 valence electrons. The summed E-state index contributed by atoms with van der Waals surface area (Å²) in [6, 6.07) is 16.5. The van der Waals surface area contributed by atoms with Crippen LogP contribution in [0.4, 0.5) is 11.5 Å². The molecule has 26 heavy (non-hydrogen) atoms. The highest BCUT2D eigenvalue weighted by atomic mass is 35.5. The lowest BCUT2D eigenvalue weighted by Crippen LogP contribution is -1.97. The molecule has 2 heterocycles. The zero-order chi connectivity index (χ0) is 18.3. The molecule has 4 aromatic rings. The fourth-order valence-corrected chi connectivity index (χ4v) is 4.34. The van der Waals surface area contributed by atoms with Crippen LogP contribution in [0, 0.1) is 20.8 Å². The quantitative estimate of drug-likeness (QED) is 0.403. The van der Waals surface area contributed by atoms with Crippen LogP contribution in [0.2, 0.25) is 5.28 Å². The lowest BCUT2D eigenvalue weighted by molar-refractivity contribution is 1.23. The van der Waals surface area contributed by atoms with Gasteiger partial charge in [-0.25, -0.2) is 4.98 Å². The van der Waals surface area contributed by atoms with Crippen LogP contribution in [0.5, 0.6) is 0 Å². The van der Waals surface area contributed by atoms with E-state index in [1.807, 2.05) is 30.3 Å². The molecule has 4 rings (SSSR count). The molecule has 0 aliphatic heterocycles. The van der Waals surface area contributed by atoms with E-state index < -0.39 is 0 Å². The van der Waals surface area contributed by atoms with Crippen LogP contribution in [-0.4, -0.2) is 9.97 Å². The number of aryl methyl sites for hydroxylation is 3. The third-order valence-electron chi connectivity index (χ3n) is 4.53. The Morgan fingerprint density at radius 1 is 0.923 bits per heavy atom. The van der Waals surface area contributed by atoms with Crippen LogP contribution in [0.3, 0.4) is 0 Å². The largest absolute Gasteiger partial charge is 0.340 e. The monoisotopic (exact) mass is 379 g/mol. The predicted octanol–water partition coefficient (Wildman–Crippen LogP) is 6.68. The van der Waals surface area contributed by atoms with Crippen molar-refractivity contribution in [3.8, 4) is 11.1 Å². The zero-order valence-corrected chi connectivity index (χ0v) is 16.4. The van der Waals surface area contributed by atoms with Crippen LogP contribution in [-0.2, 0) is 0 Å². The van der Waals surface area contributed by atoms with E-state index in [1.165, 1.54) is 27.1 Å². The number of benzene rings is 2. The van der Waals surface area contributed by atoms with Gasteiger partial charge in [0.15, 0.2) is 0 Å². The number of halogens is 1. The Balaban J connectivity index is 1.95. The molecule has 0 atom stereocenters. The zero-order valence-electron chi connectivity index (χ0n) is 14.8. The van der Waals surface area contributed by atoms with Crippen LogP contribution in [0.15, 0.2) is 48.5 Å². The van der Waals surface area contributed by atoms with E-state index in [9.17, 15) is 0 Å². The third kappa shape index (κ3) is 3.06. The summed E-state index contributed by atoms with van der Waals surface area (Å²) in [4.78, 5) is 11.0. The third-order valence-corrected chi connectivity index (χ3v) is 5.70. The smallest absolute Gasteiger partial charge is 0.225 e. The molecule has 0 amide bonds. The molecule has 2 aromatic carbocycles. The minimum Gasteiger partial charge on any atom is -0.340 e. The predicted molar refractivity (Wildman–Crippen MR) is 112 cm³/mol. The Morgan fingerprint density at radius 3 is 2.42 bits per heavy atom. The first kappa shape index (κ1) is 17.0. The van der Waals surface area contributed by atoms with Crippen molar-refractivity contribution in [2.45, 2.75) is 20.8 Å². The van der Waals surface area contributed by atoms with Gasteiger partial charge in [0, 0.05) is 16.1 Å². The van der Waals surface area contributed by atoms with E-state index in [4.69, 9.17) is 11.6 Å². The van der Waals surface area contributed by atoms with Gasteiger partial charge in [-0.2, -0.15) is 4.98 Å². The first-order valence-corrected chi connectivity index (χ1v) is 9.58. The molecule has 0 aliphatic rings. The number of fused-ring (bicyclic) bond motifs is 1. The topological polar surface area (TPSA) is 37.8 Å². The molecule has 1 N–H and O–H groups in total. The van der Waals surface area contributed by atoms with Crippen LogP contribution < -0.4 is 5.32 Å². The number of hydrogen-bond acceptors (Lipinski definition) is 4. The first-order chi connectivity index (χ1) is 12.5. The van der Waals surface area contributed by atoms with Gasteiger partial charge in [-0.15, -0.1) is 11.3 Å². The molecule has 3 nitrogen and oxygen atoms in total. The van der Waals surface area contributed by atoms with Crippen molar-refractivity contribution in [1.82, 2.24) is 9.97 Å². The maximum atomic E-state index is 6.19. The molecular weight excluding hydrogens is 362 g/mol. The van der Waals surface area contributed by atoms with E-state index in [-0.39, 0.29) is 5.28 Å². The van der Waals surface area contributed by atoms with Crippen molar-refractivity contribution in [2.75, 3.05) is 5.32 Å². The van der Waals surface area contributed by atoms with Crippen molar-refractivity contribution in [3.05, 3.63) is 69.8 Å². The Kier molecular flexibility index (Phi) is 4.39. The van der Waals surface area contributed by atoms with Gasteiger partial charge in [-0.1, -0.05) is 36.4 Å². The average molecular weight is 380 g/mol. The lowest BCUT2D eigenvalue weighted by atomic mass is 9.99. The van der Waals surface area contributed by atoms with Gasteiger partial charge >= 0.3 is 0 Å². The SMILES string of the molecule is Cc1ccc(-c2c(C)sc3nc(Cl)nc(Nc4ccccc4)c23)cc1C. The van der Waals surface area contributed by atoms with Crippen molar-refractivity contribution >= 4 is 44.7 Å². The number of aromatic nitrogens is 2. The number of nitrogens with zero attached hydrogens (tertiary/aromatic N) is 2. The summed E-state index contributed by atoms with van der Waals surface area (Å²) in [5, 5.41) is 4.68. The Hall–Kier alpha value is -2.43. The fourth-order valence-electron chi connectivity index (χ4n) is 3.08. The van der Waals surface area contributed by atoms with E-state index in [2.05, 4.69) is 54.3 Å². The maximum absolute atomic E-state index is 6.19. The highest BCUT2D eigenvalue weighted by Gasteiger charge is 2.18. The summed E-state index contributed by atoms with van der Waals surface area (Å²) in [6.45, 7) is 6.39. The van der Waals surface area contributed by atoms with Crippen LogP contribution >= 0.6 is 22.9 Å². The van der Waals surface area contributed by atoms with Gasteiger partial charge in [-0.05, 0) is 61.2 Å². The second-order valence-electron chi connectivity index (χ2n) is 6.34. The normalized spacial score (nSPS) is 11.1. The minimum atomic E-state index is 0.254. The van der Waals surface area contributed by atoms with Gasteiger partial charge in [-0.3, -0.25) is 0 Å². The molecule has 0 bridgehead atoms. The first-order valence-electron chi connectivity index (χ1n) is 8.39. The maximum Gasteiger partial charge on any atom is 0.225 e. The number of para-hydroxylation sites is 1. The Bertz CT molecular complexity index is 1100. The van der Waals surface area contributed by atoms with Gasteiger partial charge in [0.05, 0.1) is 5.39 Å². The number of rotatable bonds is 3. The average Bonchev–Trinajstić information content (AvgIpc) is 2.94. The van der Waals surface area contributed by atoms with E-state index in [1.54, 1.807) is 11.3 Å². The summed E-state index contributed by atoms with van der Waals surface area (Å²) >= 11 is 7.84. The van der Waals surface area contributed by atoms with E-state index >= 15 is 0 Å². The molecule has 5 heteroatoms. The van der Waals surface area contributed by atoms with Crippen LogP contribution in [0.25, 0.3) is 21.3 Å². The highest BCUT2D eigenvalue weighted by molar-refractivity contribution is 7.19.